The van der Waals surface area contributed by atoms with Crippen LogP contribution < -0.4 is 15.6 Å². The third-order valence-electron chi connectivity index (χ3n) is 4.17. The van der Waals surface area contributed by atoms with E-state index in [0.29, 0.717) is 21.4 Å². The maximum atomic E-state index is 14.4. The first-order chi connectivity index (χ1) is 12.3. The number of anilines is 2. The van der Waals surface area contributed by atoms with Crippen LogP contribution in [0.15, 0.2) is 60.1 Å². The van der Waals surface area contributed by atoms with Crippen LogP contribution in [0.2, 0.25) is 0 Å². The molecule has 0 radical (unpaired) electrons. The SMILES string of the molecule is OC1=C2C=C(Br)c3cccc(F)c3N2[NH2+]N1c1ccc(C(F)(F)F)cc1.[OH-]. The molecule has 2 heterocycles. The Kier molecular flexibility index (Phi) is 4.66. The average Bonchev–Trinajstić information content (AvgIpc) is 2.91. The van der Waals surface area contributed by atoms with Gasteiger partial charge in [-0.05, 0) is 36.4 Å². The maximum Gasteiger partial charge on any atom is 0.416 e. The molecule has 0 amide bonds. The van der Waals surface area contributed by atoms with Crippen molar-refractivity contribution in [2.24, 2.45) is 0 Å². The Balaban J connectivity index is 0.00000210. The van der Waals surface area contributed by atoms with E-state index in [1.54, 1.807) is 18.2 Å². The van der Waals surface area contributed by atoms with Gasteiger partial charge in [0.25, 0.3) is 5.88 Å². The molecule has 2 aromatic rings. The van der Waals surface area contributed by atoms with Crippen LogP contribution in [0.25, 0.3) is 4.48 Å². The van der Waals surface area contributed by atoms with Gasteiger partial charge in [0, 0.05) is 10.0 Å². The first-order valence-electron chi connectivity index (χ1n) is 7.47. The van der Waals surface area contributed by atoms with Gasteiger partial charge in [-0.3, -0.25) is 0 Å². The molecule has 0 atom stereocenters. The molecule has 10 heteroatoms. The Labute approximate surface area is 159 Å². The Hall–Kier alpha value is -2.56. The highest BCUT2D eigenvalue weighted by atomic mass is 79.9. The number of halogens is 5. The molecule has 4 rings (SSSR count). The molecule has 0 aliphatic carbocycles. The molecule has 2 aliphatic heterocycles. The third kappa shape index (κ3) is 3.05. The van der Waals surface area contributed by atoms with Crippen molar-refractivity contribution in [2.45, 2.75) is 6.18 Å². The number of allylic oxidation sites excluding steroid dienone is 1. The molecule has 0 fully saturated rings. The predicted octanol–water partition coefficient (Wildman–Crippen LogP) is 3.86. The molecule has 27 heavy (non-hydrogen) atoms. The summed E-state index contributed by atoms with van der Waals surface area (Å²) in [5.41, 5.74) is 2.13. The van der Waals surface area contributed by atoms with Crippen molar-refractivity contribution in [3.8, 4) is 0 Å². The van der Waals surface area contributed by atoms with Crippen molar-refractivity contribution in [3.05, 3.63) is 77.1 Å². The molecule has 2 aliphatic rings. The van der Waals surface area contributed by atoms with E-state index in [4.69, 9.17) is 0 Å². The zero-order chi connectivity index (χ0) is 18.6. The fourth-order valence-corrected chi connectivity index (χ4v) is 3.46. The van der Waals surface area contributed by atoms with Crippen molar-refractivity contribution in [3.63, 3.8) is 0 Å². The number of benzene rings is 2. The lowest BCUT2D eigenvalue weighted by atomic mass is 10.1. The quantitative estimate of drug-likeness (QED) is 0.516. The summed E-state index contributed by atoms with van der Waals surface area (Å²) in [5, 5.41) is 13.3. The highest BCUT2D eigenvalue weighted by molar-refractivity contribution is 9.15. The molecular weight excluding hydrogens is 434 g/mol. The monoisotopic (exact) mass is 445 g/mol. The minimum Gasteiger partial charge on any atom is -0.870 e. The van der Waals surface area contributed by atoms with Gasteiger partial charge < -0.3 is 10.6 Å². The van der Waals surface area contributed by atoms with Gasteiger partial charge in [0.05, 0.1) is 5.56 Å². The normalized spacial score (nSPS) is 16.0. The van der Waals surface area contributed by atoms with E-state index in [0.717, 1.165) is 12.1 Å². The second kappa shape index (κ2) is 6.55. The average molecular weight is 446 g/mol. The van der Waals surface area contributed by atoms with Crippen LogP contribution in [0.5, 0.6) is 0 Å². The van der Waals surface area contributed by atoms with Gasteiger partial charge in [-0.15, -0.1) is 10.5 Å². The first kappa shape index (κ1) is 19.2. The number of hydrogen-bond acceptors (Lipinski definition) is 4. The van der Waals surface area contributed by atoms with Crippen molar-refractivity contribution in [1.82, 2.24) is 0 Å². The second-order valence-corrected chi connectivity index (χ2v) is 6.59. The van der Waals surface area contributed by atoms with Gasteiger partial charge >= 0.3 is 6.18 Å². The standard InChI is InChI=1S/C17H10BrF4N3O.H2O/c18-12-8-14-16(26)24(10-6-4-9(5-7-10)17(20,21)22)23-25(14)15-11(12)2-1-3-13(15)19;/h1-8,23,26H;1H2. The number of fused-ring (bicyclic) bond motifs is 3. The number of quaternary nitrogens is 1. The van der Waals surface area contributed by atoms with Crippen molar-refractivity contribution < 1.29 is 33.7 Å². The minimum atomic E-state index is -4.44. The van der Waals surface area contributed by atoms with E-state index in [2.05, 4.69) is 15.9 Å². The van der Waals surface area contributed by atoms with Crippen molar-refractivity contribution >= 4 is 31.8 Å². The van der Waals surface area contributed by atoms with Gasteiger partial charge in [-0.1, -0.05) is 28.1 Å². The summed E-state index contributed by atoms with van der Waals surface area (Å²) >= 11 is 3.36. The fraction of sp³-hybridized carbons (Fsp3) is 0.0588. The Morgan fingerprint density at radius 3 is 2.30 bits per heavy atom. The summed E-state index contributed by atoms with van der Waals surface area (Å²) in [4.78, 5) is 0. The van der Waals surface area contributed by atoms with Crippen molar-refractivity contribution in [1.29, 1.82) is 0 Å². The number of nitrogens with two attached hydrogens (primary N) is 1. The van der Waals surface area contributed by atoms with Gasteiger partial charge in [0.1, 0.15) is 11.4 Å². The molecule has 5 nitrogen and oxygen atoms in total. The number of alkyl halides is 3. The highest BCUT2D eigenvalue weighted by Crippen LogP contribution is 2.41. The number of aliphatic hydroxyl groups is 1. The lowest BCUT2D eigenvalue weighted by Gasteiger charge is -2.24. The zero-order valence-corrected chi connectivity index (χ0v) is 15.0. The van der Waals surface area contributed by atoms with Gasteiger partial charge in [-0.2, -0.15) is 18.2 Å². The molecule has 0 saturated carbocycles. The summed E-state index contributed by atoms with van der Waals surface area (Å²) in [6, 6.07) is 8.94. The number of hydrogen-bond donors (Lipinski definition) is 2. The van der Waals surface area contributed by atoms with Gasteiger partial charge in [-0.25, -0.2) is 4.39 Å². The lowest BCUT2D eigenvalue weighted by Crippen LogP contribution is -2.99. The van der Waals surface area contributed by atoms with Crippen LogP contribution in [0.3, 0.4) is 0 Å². The van der Waals surface area contributed by atoms with E-state index in [1.165, 1.54) is 33.8 Å². The number of para-hydroxylation sites is 1. The van der Waals surface area contributed by atoms with Crippen molar-refractivity contribution in [2.75, 3.05) is 10.0 Å². The zero-order valence-electron chi connectivity index (χ0n) is 13.4. The summed E-state index contributed by atoms with van der Waals surface area (Å²) < 4.78 is 53.1. The Morgan fingerprint density at radius 2 is 1.67 bits per heavy atom. The predicted molar refractivity (Wildman–Crippen MR) is 93.2 cm³/mol. The van der Waals surface area contributed by atoms with Gasteiger partial charge in [0.15, 0.2) is 11.5 Å². The smallest absolute Gasteiger partial charge is 0.416 e. The molecule has 0 spiro atoms. The van der Waals surface area contributed by atoms with Crippen LogP contribution in [0.4, 0.5) is 28.9 Å². The van der Waals surface area contributed by atoms with Crippen LogP contribution in [0.1, 0.15) is 11.1 Å². The molecule has 0 aromatic heterocycles. The summed E-state index contributed by atoms with van der Waals surface area (Å²) in [6.07, 6.45) is -2.82. The molecule has 2 aromatic carbocycles. The lowest BCUT2D eigenvalue weighted by molar-refractivity contribution is -0.661. The van der Waals surface area contributed by atoms with E-state index in [9.17, 15) is 22.7 Å². The second-order valence-electron chi connectivity index (χ2n) is 5.74. The molecular formula is C17H12BrF4N3O2. The third-order valence-corrected chi connectivity index (χ3v) is 4.83. The van der Waals surface area contributed by atoms with E-state index in [1.807, 2.05) is 0 Å². The molecule has 0 bridgehead atoms. The summed E-state index contributed by atoms with van der Waals surface area (Å²) in [5.74, 6) is -0.695. The molecule has 142 valence electrons. The maximum absolute atomic E-state index is 14.4. The van der Waals surface area contributed by atoms with E-state index < -0.39 is 17.6 Å². The van der Waals surface area contributed by atoms with Crippen LogP contribution >= 0.6 is 15.9 Å². The van der Waals surface area contributed by atoms with Crippen LogP contribution in [0, 0.1) is 5.82 Å². The minimum absolute atomic E-state index is 0. The summed E-state index contributed by atoms with van der Waals surface area (Å²) in [7, 11) is 0. The van der Waals surface area contributed by atoms with E-state index in [-0.39, 0.29) is 17.0 Å². The van der Waals surface area contributed by atoms with Crippen LogP contribution in [-0.4, -0.2) is 10.6 Å². The largest absolute Gasteiger partial charge is 0.870 e. The fourth-order valence-electron chi connectivity index (χ4n) is 2.93. The highest BCUT2D eigenvalue weighted by Gasteiger charge is 2.40. The van der Waals surface area contributed by atoms with Crippen LogP contribution in [-0.2, 0) is 6.18 Å². The number of nitrogens with zero attached hydrogens (tertiary/aromatic N) is 2. The van der Waals surface area contributed by atoms with Gasteiger partial charge in [0.2, 0.25) is 0 Å². The summed E-state index contributed by atoms with van der Waals surface area (Å²) in [6.45, 7) is 0. The first-order valence-corrected chi connectivity index (χ1v) is 8.27. The van der Waals surface area contributed by atoms with E-state index >= 15 is 0 Å². The Bertz CT molecular complexity index is 958. The Morgan fingerprint density at radius 1 is 1.00 bits per heavy atom. The number of rotatable bonds is 1. The molecule has 0 saturated heterocycles. The topological polar surface area (TPSA) is 73.3 Å². The molecule has 4 N–H and O–H groups in total. The number of aliphatic hydroxyl groups excluding tert-OH is 1. The molecule has 0 unspecified atom stereocenters.